The fourth-order valence-electron chi connectivity index (χ4n) is 3.07. The van der Waals surface area contributed by atoms with E-state index >= 15 is 0 Å². The molecule has 2 aromatic carbocycles. The summed E-state index contributed by atoms with van der Waals surface area (Å²) in [6.07, 6.45) is -0.138. The van der Waals surface area contributed by atoms with Gasteiger partial charge in [0.25, 0.3) is 5.91 Å². The summed E-state index contributed by atoms with van der Waals surface area (Å²) >= 11 is 0. The molecule has 0 saturated carbocycles. The second-order valence-corrected chi connectivity index (χ2v) is 7.24. The van der Waals surface area contributed by atoms with Gasteiger partial charge in [-0.05, 0) is 37.1 Å². The minimum absolute atomic E-state index is 0.0389. The maximum Gasteiger partial charge on any atom is 0.267 e. The number of benzene rings is 2. The van der Waals surface area contributed by atoms with Crippen molar-refractivity contribution in [3.8, 4) is 11.5 Å². The molecule has 28 heavy (non-hydrogen) atoms. The largest absolute Gasteiger partial charge is 0.492 e. The highest BCUT2D eigenvalue weighted by Gasteiger charge is 2.31. The molecule has 3 rings (SSSR count). The molecule has 1 atom stereocenters. The van der Waals surface area contributed by atoms with Gasteiger partial charge in [0.2, 0.25) is 5.91 Å². The van der Waals surface area contributed by atoms with Gasteiger partial charge in [0.1, 0.15) is 18.1 Å². The van der Waals surface area contributed by atoms with Gasteiger partial charge in [-0.15, -0.1) is 0 Å². The van der Waals surface area contributed by atoms with Crippen molar-refractivity contribution in [2.75, 3.05) is 23.4 Å². The van der Waals surface area contributed by atoms with Crippen molar-refractivity contribution in [1.29, 1.82) is 0 Å². The molecule has 6 nitrogen and oxygen atoms in total. The number of fused-ring (bicyclic) bond motifs is 1. The van der Waals surface area contributed by atoms with Crippen molar-refractivity contribution in [3.05, 3.63) is 48.5 Å². The molecule has 0 aromatic heterocycles. The average Bonchev–Trinajstić information content (AvgIpc) is 2.65. The quantitative estimate of drug-likeness (QED) is 0.789. The minimum Gasteiger partial charge on any atom is -0.492 e. The van der Waals surface area contributed by atoms with Gasteiger partial charge in [-0.1, -0.05) is 32.0 Å². The van der Waals surface area contributed by atoms with E-state index in [4.69, 9.17) is 9.47 Å². The zero-order valence-corrected chi connectivity index (χ0v) is 16.5. The predicted molar refractivity (Wildman–Crippen MR) is 109 cm³/mol. The lowest BCUT2D eigenvalue weighted by molar-refractivity contribution is -0.125. The van der Waals surface area contributed by atoms with Gasteiger partial charge in [-0.3, -0.25) is 9.59 Å². The Balaban J connectivity index is 1.70. The topological polar surface area (TPSA) is 67.9 Å². The third-order valence-corrected chi connectivity index (χ3v) is 4.37. The van der Waals surface area contributed by atoms with E-state index in [1.807, 2.05) is 44.2 Å². The Morgan fingerprint density at radius 3 is 2.68 bits per heavy atom. The first-order valence-electron chi connectivity index (χ1n) is 9.54. The summed E-state index contributed by atoms with van der Waals surface area (Å²) in [7, 11) is 0. The van der Waals surface area contributed by atoms with E-state index in [0.29, 0.717) is 36.7 Å². The van der Waals surface area contributed by atoms with E-state index in [-0.39, 0.29) is 17.7 Å². The summed E-state index contributed by atoms with van der Waals surface area (Å²) in [6.45, 7) is 6.50. The Bertz CT molecular complexity index is 836. The molecule has 0 aliphatic carbocycles. The lowest BCUT2D eigenvalue weighted by atomic mass is 10.1. The number of rotatable bonds is 7. The maximum atomic E-state index is 12.6. The number of hydrogen-bond donors (Lipinski definition) is 1. The molecule has 1 unspecified atom stereocenters. The van der Waals surface area contributed by atoms with Crippen LogP contribution in [0.3, 0.4) is 0 Å². The van der Waals surface area contributed by atoms with Gasteiger partial charge in [-0.2, -0.15) is 0 Å². The Hall–Kier alpha value is -3.02. The van der Waals surface area contributed by atoms with E-state index in [1.165, 1.54) is 0 Å². The standard InChI is InChI=1S/C22H26N2O4/c1-15(2)13-21(25)23-17-9-10-19-20(14-17)28-16(3)22(26)24(19)11-12-27-18-7-5-4-6-8-18/h4-10,14-16H,11-13H2,1-3H3,(H,23,25). The number of carbonyl (C=O) groups excluding carboxylic acids is 2. The number of ether oxygens (including phenoxy) is 2. The van der Waals surface area contributed by atoms with Crippen LogP contribution in [0.5, 0.6) is 11.5 Å². The first-order chi connectivity index (χ1) is 13.4. The SMILES string of the molecule is CC(C)CC(=O)Nc1ccc2c(c1)OC(C)C(=O)N2CCOc1ccccc1. The molecule has 0 spiro atoms. The minimum atomic E-state index is -0.592. The maximum absolute atomic E-state index is 12.6. The van der Waals surface area contributed by atoms with Crippen LogP contribution >= 0.6 is 0 Å². The molecule has 0 radical (unpaired) electrons. The fraction of sp³-hybridized carbons (Fsp3) is 0.364. The van der Waals surface area contributed by atoms with E-state index in [0.717, 1.165) is 5.75 Å². The predicted octanol–water partition coefficient (Wildman–Crippen LogP) is 3.86. The smallest absolute Gasteiger partial charge is 0.267 e. The highest BCUT2D eigenvalue weighted by molar-refractivity contribution is 6.00. The number of nitrogens with one attached hydrogen (secondary N) is 1. The summed E-state index contributed by atoms with van der Waals surface area (Å²) in [5.41, 5.74) is 1.34. The molecule has 148 valence electrons. The summed E-state index contributed by atoms with van der Waals surface area (Å²) < 4.78 is 11.5. The molecular weight excluding hydrogens is 356 g/mol. The van der Waals surface area contributed by atoms with Gasteiger partial charge in [-0.25, -0.2) is 0 Å². The van der Waals surface area contributed by atoms with Crippen molar-refractivity contribution >= 4 is 23.2 Å². The molecule has 2 aromatic rings. The van der Waals surface area contributed by atoms with Crippen molar-refractivity contribution < 1.29 is 19.1 Å². The van der Waals surface area contributed by atoms with Crippen LogP contribution in [0.15, 0.2) is 48.5 Å². The zero-order valence-electron chi connectivity index (χ0n) is 16.5. The van der Waals surface area contributed by atoms with Crippen LogP contribution in [0.1, 0.15) is 27.2 Å². The van der Waals surface area contributed by atoms with Gasteiger partial charge >= 0.3 is 0 Å². The van der Waals surface area contributed by atoms with E-state index in [2.05, 4.69) is 5.32 Å². The van der Waals surface area contributed by atoms with Crippen LogP contribution in [0.2, 0.25) is 0 Å². The van der Waals surface area contributed by atoms with Crippen molar-refractivity contribution in [2.45, 2.75) is 33.3 Å². The first kappa shape index (κ1) is 19.7. The number of nitrogens with zero attached hydrogens (tertiary/aromatic N) is 1. The lowest BCUT2D eigenvalue weighted by Crippen LogP contribution is -2.46. The van der Waals surface area contributed by atoms with E-state index in [1.54, 1.807) is 30.0 Å². The summed E-state index contributed by atoms with van der Waals surface area (Å²) in [5.74, 6) is 1.48. The average molecular weight is 382 g/mol. The van der Waals surface area contributed by atoms with Crippen LogP contribution in [-0.4, -0.2) is 31.1 Å². The van der Waals surface area contributed by atoms with Crippen LogP contribution in [-0.2, 0) is 9.59 Å². The monoisotopic (exact) mass is 382 g/mol. The molecule has 2 amide bonds. The number of amides is 2. The molecule has 1 N–H and O–H groups in total. The van der Waals surface area contributed by atoms with Crippen molar-refractivity contribution in [2.24, 2.45) is 5.92 Å². The highest BCUT2D eigenvalue weighted by atomic mass is 16.5. The lowest BCUT2D eigenvalue weighted by Gasteiger charge is -2.33. The molecule has 0 fully saturated rings. The molecule has 1 aliphatic rings. The van der Waals surface area contributed by atoms with Crippen LogP contribution in [0.25, 0.3) is 0 Å². The first-order valence-corrected chi connectivity index (χ1v) is 9.54. The fourth-order valence-corrected chi connectivity index (χ4v) is 3.07. The number of anilines is 2. The Kier molecular flexibility index (Phi) is 6.19. The van der Waals surface area contributed by atoms with Crippen molar-refractivity contribution in [3.63, 3.8) is 0 Å². The Labute approximate surface area is 165 Å². The Morgan fingerprint density at radius 2 is 1.96 bits per heavy atom. The number of hydrogen-bond acceptors (Lipinski definition) is 4. The second-order valence-electron chi connectivity index (χ2n) is 7.24. The van der Waals surface area contributed by atoms with Gasteiger partial charge in [0.05, 0.1) is 12.2 Å². The van der Waals surface area contributed by atoms with Crippen LogP contribution in [0, 0.1) is 5.92 Å². The van der Waals surface area contributed by atoms with E-state index in [9.17, 15) is 9.59 Å². The third-order valence-electron chi connectivity index (χ3n) is 4.37. The molecule has 1 aliphatic heterocycles. The molecule has 6 heteroatoms. The number of carbonyl (C=O) groups is 2. The molecule has 1 heterocycles. The summed E-state index contributed by atoms with van der Waals surface area (Å²) in [6, 6.07) is 14.8. The highest BCUT2D eigenvalue weighted by Crippen LogP contribution is 2.36. The van der Waals surface area contributed by atoms with Gasteiger partial charge < -0.3 is 19.7 Å². The molecular formula is C22H26N2O4. The van der Waals surface area contributed by atoms with Crippen molar-refractivity contribution in [1.82, 2.24) is 0 Å². The summed E-state index contributed by atoms with van der Waals surface area (Å²) in [4.78, 5) is 26.3. The van der Waals surface area contributed by atoms with Gasteiger partial charge in [0, 0.05) is 18.2 Å². The summed E-state index contributed by atoms with van der Waals surface area (Å²) in [5, 5.41) is 2.88. The van der Waals surface area contributed by atoms with Crippen LogP contribution < -0.4 is 19.7 Å². The van der Waals surface area contributed by atoms with E-state index < -0.39 is 6.10 Å². The molecule has 0 saturated heterocycles. The molecule has 0 bridgehead atoms. The second kappa shape index (κ2) is 8.78. The third kappa shape index (κ3) is 4.82. The Morgan fingerprint density at radius 1 is 1.21 bits per heavy atom. The number of para-hydroxylation sites is 1. The van der Waals surface area contributed by atoms with Crippen LogP contribution in [0.4, 0.5) is 11.4 Å². The normalized spacial score (nSPS) is 15.8. The van der Waals surface area contributed by atoms with Gasteiger partial charge in [0.15, 0.2) is 6.10 Å². The zero-order chi connectivity index (χ0) is 20.1.